The lowest BCUT2D eigenvalue weighted by Gasteiger charge is -2.10. The molecule has 1 unspecified atom stereocenters. The van der Waals surface area contributed by atoms with Crippen LogP contribution in [0.15, 0.2) is 49.1 Å². The summed E-state index contributed by atoms with van der Waals surface area (Å²) in [5.41, 5.74) is 2.97. The van der Waals surface area contributed by atoms with Crippen molar-refractivity contribution in [1.29, 1.82) is 0 Å². The molecule has 16 heteroatoms. The summed E-state index contributed by atoms with van der Waals surface area (Å²) in [4.78, 5) is 65.9. The first-order chi connectivity index (χ1) is 22.8. The van der Waals surface area contributed by atoms with Crippen LogP contribution in [0.5, 0.6) is 0 Å². The molecule has 1 atom stereocenters. The number of ether oxygens (including phenoxy) is 1. The summed E-state index contributed by atoms with van der Waals surface area (Å²) in [5.74, 6) is -1.80. The molecule has 1 fully saturated rings. The van der Waals surface area contributed by atoms with Gasteiger partial charge < -0.3 is 54.5 Å². The predicted octanol–water partition coefficient (Wildman–Crippen LogP) is 1.82. The minimum atomic E-state index is -0.456. The van der Waals surface area contributed by atoms with E-state index < -0.39 is 23.8 Å². The molecule has 1 aliphatic rings. The van der Waals surface area contributed by atoms with Gasteiger partial charge in [0.2, 0.25) is 0 Å². The number of nitrogens with one attached hydrogen (secondary N) is 5. The van der Waals surface area contributed by atoms with Crippen molar-refractivity contribution in [3.8, 4) is 0 Å². The van der Waals surface area contributed by atoms with Crippen molar-refractivity contribution in [3.63, 3.8) is 0 Å². The van der Waals surface area contributed by atoms with Gasteiger partial charge in [-0.2, -0.15) is 0 Å². The molecule has 48 heavy (non-hydrogen) atoms. The zero-order chi connectivity index (χ0) is 34.7. The SMILES string of the molecule is CN(C)CCCNC(=O)c1cc(NC(=O)c2cc(NC(=O)c3cc(NC(=O)c4cc(NC(=O)C5CO5)cn4C)cn3C)cn2C)cn1C. The Bertz CT molecular complexity index is 1870. The van der Waals surface area contributed by atoms with E-state index in [0.717, 1.165) is 13.0 Å². The Balaban J connectivity index is 1.17. The zero-order valence-electron chi connectivity index (χ0n) is 27.7. The number of aryl methyl sites for hydroxylation is 4. The fraction of sp³-hybridized carbons (Fsp3) is 0.344. The molecule has 1 saturated heterocycles. The first-order valence-electron chi connectivity index (χ1n) is 15.2. The molecule has 254 valence electrons. The summed E-state index contributed by atoms with van der Waals surface area (Å²) in [7, 11) is 10.7. The predicted molar refractivity (Wildman–Crippen MR) is 179 cm³/mol. The number of epoxide rings is 1. The summed E-state index contributed by atoms with van der Waals surface area (Å²) in [6.07, 6.45) is 6.85. The number of nitrogens with zero attached hydrogens (tertiary/aromatic N) is 5. The molecule has 16 nitrogen and oxygen atoms in total. The number of hydrogen-bond donors (Lipinski definition) is 5. The summed E-state index contributed by atoms with van der Waals surface area (Å²) in [6, 6.07) is 6.24. The van der Waals surface area contributed by atoms with E-state index in [4.69, 9.17) is 4.74 Å². The van der Waals surface area contributed by atoms with Gasteiger partial charge >= 0.3 is 0 Å². The summed E-state index contributed by atoms with van der Waals surface area (Å²) in [6.45, 7) is 1.77. The Morgan fingerprint density at radius 1 is 0.646 bits per heavy atom. The fourth-order valence-electron chi connectivity index (χ4n) is 5.13. The van der Waals surface area contributed by atoms with Crippen LogP contribution in [0.3, 0.4) is 0 Å². The second kappa shape index (κ2) is 14.0. The molecule has 1 aliphatic heterocycles. The normalized spacial score (nSPS) is 13.7. The van der Waals surface area contributed by atoms with E-state index in [2.05, 4.69) is 26.6 Å². The number of carbonyl (C=O) groups is 5. The molecule has 5 amide bonds. The molecular formula is C32H40N10O6. The van der Waals surface area contributed by atoms with Gasteiger partial charge in [-0.1, -0.05) is 0 Å². The van der Waals surface area contributed by atoms with Crippen LogP contribution in [0.25, 0.3) is 0 Å². The van der Waals surface area contributed by atoms with Gasteiger partial charge in [-0.3, -0.25) is 24.0 Å². The van der Waals surface area contributed by atoms with E-state index in [-0.39, 0.29) is 23.2 Å². The van der Waals surface area contributed by atoms with E-state index in [1.807, 2.05) is 19.0 Å². The standard InChI is InChI=1S/C32H40N10O6/c1-38(2)9-7-8-33-28(43)23-10-19(14-39(23)3)34-29(44)24-11-20(15-40(24)4)35-30(45)25-12-21(16-41(25)5)36-31(46)26-13-22(17-42(26)6)37-32(47)27-18-48-27/h10-17,27H,7-9,18H2,1-6H3,(H,33,43)(H,34,44)(H,35,45)(H,36,46)(H,37,47). The Morgan fingerprint density at radius 3 is 1.35 bits per heavy atom. The van der Waals surface area contributed by atoms with E-state index in [1.54, 1.807) is 89.4 Å². The summed E-state index contributed by atoms with van der Waals surface area (Å²) < 4.78 is 11.4. The Labute approximate surface area is 277 Å². The summed E-state index contributed by atoms with van der Waals surface area (Å²) >= 11 is 0. The van der Waals surface area contributed by atoms with E-state index in [0.29, 0.717) is 47.3 Å². The van der Waals surface area contributed by atoms with Crippen molar-refractivity contribution in [2.75, 3.05) is 55.1 Å². The van der Waals surface area contributed by atoms with Gasteiger partial charge in [0, 0.05) is 59.5 Å². The molecule has 0 radical (unpaired) electrons. The molecule has 0 bridgehead atoms. The van der Waals surface area contributed by atoms with Crippen molar-refractivity contribution in [2.24, 2.45) is 28.2 Å². The second-order valence-electron chi connectivity index (χ2n) is 12.0. The maximum atomic E-state index is 13.2. The second-order valence-corrected chi connectivity index (χ2v) is 12.0. The van der Waals surface area contributed by atoms with Crippen molar-refractivity contribution >= 4 is 52.3 Å². The number of rotatable bonds is 13. The third-order valence-electron chi connectivity index (χ3n) is 7.68. The van der Waals surface area contributed by atoms with Gasteiger partial charge in [-0.25, -0.2) is 0 Å². The number of carbonyl (C=O) groups excluding carboxylic acids is 5. The third kappa shape index (κ3) is 8.02. The largest absolute Gasteiger partial charge is 0.363 e. The van der Waals surface area contributed by atoms with Gasteiger partial charge in [0.1, 0.15) is 22.8 Å². The highest BCUT2D eigenvalue weighted by molar-refractivity contribution is 6.09. The van der Waals surface area contributed by atoms with Crippen LogP contribution in [0, 0.1) is 0 Å². The van der Waals surface area contributed by atoms with Gasteiger partial charge in [0.15, 0.2) is 6.10 Å². The zero-order valence-corrected chi connectivity index (χ0v) is 27.7. The van der Waals surface area contributed by atoms with Crippen LogP contribution in [0.2, 0.25) is 0 Å². The van der Waals surface area contributed by atoms with Crippen molar-refractivity contribution in [1.82, 2.24) is 28.5 Å². The minimum Gasteiger partial charge on any atom is -0.363 e. The minimum absolute atomic E-state index is 0.233. The molecule has 4 aromatic heterocycles. The highest BCUT2D eigenvalue weighted by Gasteiger charge is 2.31. The third-order valence-corrected chi connectivity index (χ3v) is 7.68. The van der Waals surface area contributed by atoms with Crippen LogP contribution in [0.4, 0.5) is 22.7 Å². The van der Waals surface area contributed by atoms with Gasteiger partial charge in [0.25, 0.3) is 29.5 Å². The van der Waals surface area contributed by atoms with Gasteiger partial charge in [-0.15, -0.1) is 0 Å². The number of hydrogen-bond acceptors (Lipinski definition) is 7. The van der Waals surface area contributed by atoms with Crippen LogP contribution >= 0.6 is 0 Å². The average Bonchev–Trinajstić information content (AvgIpc) is 3.38. The van der Waals surface area contributed by atoms with Crippen LogP contribution < -0.4 is 26.6 Å². The highest BCUT2D eigenvalue weighted by Crippen LogP contribution is 2.21. The molecule has 0 saturated carbocycles. The molecule has 4 aromatic rings. The van der Waals surface area contributed by atoms with Crippen LogP contribution in [0.1, 0.15) is 48.4 Å². The maximum Gasteiger partial charge on any atom is 0.272 e. The van der Waals surface area contributed by atoms with Gasteiger partial charge in [-0.05, 0) is 51.3 Å². The molecule has 0 spiro atoms. The number of amides is 5. The number of anilines is 4. The lowest BCUT2D eigenvalue weighted by Crippen LogP contribution is -2.28. The molecule has 5 N–H and O–H groups in total. The Hall–Kier alpha value is -5.61. The maximum absolute atomic E-state index is 13.2. The Morgan fingerprint density at radius 2 is 1.00 bits per heavy atom. The van der Waals surface area contributed by atoms with Crippen LogP contribution in [-0.4, -0.2) is 92.6 Å². The lowest BCUT2D eigenvalue weighted by atomic mass is 10.3. The summed E-state index contributed by atoms with van der Waals surface area (Å²) in [5, 5.41) is 14.0. The lowest BCUT2D eigenvalue weighted by molar-refractivity contribution is -0.117. The first kappa shape index (κ1) is 33.7. The van der Waals surface area contributed by atoms with Crippen molar-refractivity contribution < 1.29 is 28.7 Å². The first-order valence-corrected chi connectivity index (χ1v) is 15.2. The average molecular weight is 661 g/mol. The monoisotopic (exact) mass is 660 g/mol. The number of aromatic nitrogens is 4. The topological polar surface area (TPSA) is 181 Å². The van der Waals surface area contributed by atoms with Gasteiger partial charge in [0.05, 0.1) is 29.4 Å². The molecule has 0 aromatic carbocycles. The quantitative estimate of drug-likeness (QED) is 0.107. The van der Waals surface area contributed by atoms with Crippen molar-refractivity contribution in [2.45, 2.75) is 12.5 Å². The van der Waals surface area contributed by atoms with E-state index in [9.17, 15) is 24.0 Å². The molecule has 5 heterocycles. The smallest absolute Gasteiger partial charge is 0.272 e. The van der Waals surface area contributed by atoms with E-state index in [1.165, 1.54) is 6.07 Å². The van der Waals surface area contributed by atoms with Crippen molar-refractivity contribution in [3.05, 3.63) is 71.8 Å². The molecule has 0 aliphatic carbocycles. The molecular weight excluding hydrogens is 620 g/mol. The van der Waals surface area contributed by atoms with Crippen LogP contribution in [-0.2, 0) is 37.7 Å². The van der Waals surface area contributed by atoms with E-state index >= 15 is 0 Å². The molecule has 5 rings (SSSR count). The Kier molecular flexibility index (Phi) is 9.86. The fourth-order valence-corrected chi connectivity index (χ4v) is 5.13. The highest BCUT2D eigenvalue weighted by atomic mass is 16.6.